The van der Waals surface area contributed by atoms with Gasteiger partial charge in [-0.2, -0.15) is 0 Å². The molecule has 33 heavy (non-hydrogen) atoms. The first-order valence-electron chi connectivity index (χ1n) is 11.8. The molecule has 2 fully saturated rings. The van der Waals surface area contributed by atoms with Crippen molar-refractivity contribution in [3.63, 3.8) is 0 Å². The molecule has 2 saturated heterocycles. The van der Waals surface area contributed by atoms with Crippen LogP contribution in [0.4, 0.5) is 0 Å². The highest BCUT2D eigenvalue weighted by Gasteiger charge is 2.42. The van der Waals surface area contributed by atoms with Gasteiger partial charge in [0.25, 0.3) is 0 Å². The van der Waals surface area contributed by atoms with E-state index in [0.29, 0.717) is 0 Å². The Hall–Kier alpha value is -2.70. The second-order valence-corrected chi connectivity index (χ2v) is 9.81. The molecule has 1 aromatic carbocycles. The number of rotatable bonds is 5. The third kappa shape index (κ3) is 4.18. The molecule has 5 nitrogen and oxygen atoms in total. The summed E-state index contributed by atoms with van der Waals surface area (Å²) in [5, 5.41) is 4.37. The summed E-state index contributed by atoms with van der Waals surface area (Å²) in [6.07, 6.45) is 4.28. The summed E-state index contributed by atoms with van der Waals surface area (Å²) in [6.45, 7) is 10.4. The number of aryl methyl sites for hydroxylation is 3. The molecule has 1 N–H and O–H groups in total. The van der Waals surface area contributed by atoms with Gasteiger partial charge in [0.05, 0.1) is 23.9 Å². The van der Waals surface area contributed by atoms with Crippen molar-refractivity contribution in [2.45, 2.75) is 58.7 Å². The molecule has 0 spiro atoms. The number of nitrogens with one attached hydrogen (secondary N) is 1. The summed E-state index contributed by atoms with van der Waals surface area (Å²) >= 11 is 5.86. The lowest BCUT2D eigenvalue weighted by Crippen LogP contribution is -2.36. The number of ether oxygens (including phenoxy) is 1. The molecule has 2 aliphatic heterocycles. The second-order valence-electron chi connectivity index (χ2n) is 9.42. The Bertz CT molecular complexity index is 1150. The van der Waals surface area contributed by atoms with Crippen LogP contribution in [-0.2, 0) is 4.74 Å². The summed E-state index contributed by atoms with van der Waals surface area (Å²) in [5.41, 5.74) is 8.52. The lowest BCUT2D eigenvalue weighted by molar-refractivity contribution is 0.0842. The molecule has 0 aliphatic carbocycles. The van der Waals surface area contributed by atoms with Crippen LogP contribution in [0.2, 0.25) is 0 Å². The molecule has 2 aliphatic rings. The predicted molar refractivity (Wildman–Crippen MR) is 136 cm³/mol. The highest BCUT2D eigenvalue weighted by Crippen LogP contribution is 2.42. The summed E-state index contributed by atoms with van der Waals surface area (Å²) in [4.78, 5) is 7.02. The molecule has 5 rings (SSSR count). The van der Waals surface area contributed by atoms with E-state index in [4.69, 9.17) is 21.9 Å². The lowest BCUT2D eigenvalue weighted by atomic mass is 9.96. The van der Waals surface area contributed by atoms with Gasteiger partial charge < -0.3 is 19.5 Å². The maximum Gasteiger partial charge on any atom is 0.170 e. The van der Waals surface area contributed by atoms with Gasteiger partial charge in [-0.3, -0.25) is 4.98 Å². The van der Waals surface area contributed by atoms with E-state index in [9.17, 15) is 0 Å². The maximum absolute atomic E-state index is 5.99. The minimum atomic E-state index is -0.00620. The van der Waals surface area contributed by atoms with Gasteiger partial charge in [-0.25, -0.2) is 0 Å². The summed E-state index contributed by atoms with van der Waals surface area (Å²) in [6, 6.07) is 15.2. The number of hydrogen-bond donors (Lipinski definition) is 1. The first-order valence-corrected chi connectivity index (χ1v) is 12.2. The van der Waals surface area contributed by atoms with Crippen LogP contribution in [-0.4, -0.2) is 38.8 Å². The number of pyridine rings is 1. The van der Waals surface area contributed by atoms with Crippen molar-refractivity contribution in [2.24, 2.45) is 0 Å². The van der Waals surface area contributed by atoms with Gasteiger partial charge in [0, 0.05) is 36.4 Å². The average molecular weight is 461 g/mol. The predicted octanol–water partition coefficient (Wildman–Crippen LogP) is 5.26. The number of benzene rings is 1. The standard InChI is InChI=1S/C27H32N4OS/c1-17-12-18(2)14-21(13-17)31-19(3)15-23(20(31)4)26-25(24-9-5-6-10-28-24)29-27(33)30(26)16-22-8-7-11-32-22/h5-6,9-10,12-15,22,25-26H,7-8,11,16H2,1-4H3,(H,29,33)/t22-,25-,26-/m0/s1. The van der Waals surface area contributed by atoms with Crippen LogP contribution < -0.4 is 5.32 Å². The van der Waals surface area contributed by atoms with Gasteiger partial charge in [0.1, 0.15) is 0 Å². The number of thiocarbonyl (C=S) groups is 1. The smallest absolute Gasteiger partial charge is 0.170 e. The van der Waals surface area contributed by atoms with Crippen LogP contribution in [0.1, 0.15) is 58.7 Å². The van der Waals surface area contributed by atoms with Gasteiger partial charge in [-0.15, -0.1) is 0 Å². The van der Waals surface area contributed by atoms with E-state index >= 15 is 0 Å². The fourth-order valence-corrected chi connectivity index (χ4v) is 5.83. The normalized spacial score (nSPS) is 22.7. The van der Waals surface area contributed by atoms with Crippen LogP contribution in [0.15, 0.2) is 48.7 Å². The molecule has 4 heterocycles. The van der Waals surface area contributed by atoms with Gasteiger partial charge in [0.2, 0.25) is 0 Å². The molecule has 3 atom stereocenters. The van der Waals surface area contributed by atoms with Crippen molar-refractivity contribution in [1.82, 2.24) is 19.8 Å². The van der Waals surface area contributed by atoms with Crippen molar-refractivity contribution >= 4 is 17.3 Å². The highest BCUT2D eigenvalue weighted by molar-refractivity contribution is 7.80. The van der Waals surface area contributed by atoms with Crippen LogP contribution in [0.5, 0.6) is 0 Å². The molecule has 0 radical (unpaired) electrons. The molecule has 0 amide bonds. The Morgan fingerprint density at radius 3 is 2.55 bits per heavy atom. The molecule has 0 unspecified atom stereocenters. The third-order valence-corrected chi connectivity index (χ3v) is 7.23. The summed E-state index contributed by atoms with van der Waals surface area (Å²) in [5.74, 6) is 0. The van der Waals surface area contributed by atoms with Crippen molar-refractivity contribution in [2.75, 3.05) is 13.2 Å². The Morgan fingerprint density at radius 2 is 1.88 bits per heavy atom. The minimum Gasteiger partial charge on any atom is -0.376 e. The highest BCUT2D eigenvalue weighted by atomic mass is 32.1. The van der Waals surface area contributed by atoms with E-state index in [2.05, 4.69) is 72.8 Å². The number of hydrogen-bond acceptors (Lipinski definition) is 3. The van der Waals surface area contributed by atoms with Crippen LogP contribution in [0.3, 0.4) is 0 Å². The molecule has 172 valence electrons. The van der Waals surface area contributed by atoms with Crippen molar-refractivity contribution in [3.05, 3.63) is 82.4 Å². The average Bonchev–Trinajstić information content (AvgIpc) is 3.47. The summed E-state index contributed by atoms with van der Waals surface area (Å²) in [7, 11) is 0. The largest absolute Gasteiger partial charge is 0.376 e. The zero-order chi connectivity index (χ0) is 23.1. The van der Waals surface area contributed by atoms with E-state index in [0.717, 1.165) is 36.8 Å². The molecule has 2 aromatic heterocycles. The van der Waals surface area contributed by atoms with E-state index < -0.39 is 0 Å². The Labute approximate surface area is 201 Å². The zero-order valence-electron chi connectivity index (χ0n) is 19.8. The molecule has 0 saturated carbocycles. The topological polar surface area (TPSA) is 42.3 Å². The Morgan fingerprint density at radius 1 is 1.09 bits per heavy atom. The molecule has 3 aromatic rings. The number of nitrogens with zero attached hydrogens (tertiary/aromatic N) is 3. The molecule has 0 bridgehead atoms. The summed E-state index contributed by atoms with van der Waals surface area (Å²) < 4.78 is 8.36. The van der Waals surface area contributed by atoms with E-state index in [1.165, 1.54) is 33.8 Å². The monoisotopic (exact) mass is 460 g/mol. The SMILES string of the molecule is Cc1cc(C)cc(-n2c(C)cc([C@H]3[C@H](c4ccccn4)NC(=S)N3C[C@@H]3CCCO3)c2C)c1. The maximum atomic E-state index is 5.99. The van der Waals surface area contributed by atoms with Crippen molar-refractivity contribution in [1.29, 1.82) is 0 Å². The van der Waals surface area contributed by atoms with Gasteiger partial charge >= 0.3 is 0 Å². The fraction of sp³-hybridized carbons (Fsp3) is 0.407. The lowest BCUT2D eigenvalue weighted by Gasteiger charge is -2.30. The van der Waals surface area contributed by atoms with E-state index in [1.807, 2.05) is 18.3 Å². The number of aromatic nitrogens is 2. The van der Waals surface area contributed by atoms with Crippen molar-refractivity contribution < 1.29 is 4.74 Å². The van der Waals surface area contributed by atoms with Gasteiger partial charge in [-0.05, 0) is 99.8 Å². The van der Waals surface area contributed by atoms with Crippen LogP contribution >= 0.6 is 12.2 Å². The van der Waals surface area contributed by atoms with Crippen LogP contribution in [0, 0.1) is 27.7 Å². The van der Waals surface area contributed by atoms with Gasteiger partial charge in [0.15, 0.2) is 5.11 Å². The fourth-order valence-electron chi connectivity index (χ4n) is 5.51. The van der Waals surface area contributed by atoms with Crippen molar-refractivity contribution in [3.8, 4) is 5.69 Å². The van der Waals surface area contributed by atoms with Gasteiger partial charge in [-0.1, -0.05) is 12.1 Å². The minimum absolute atomic E-state index is 0.00620. The molecular formula is C27H32N4OS. The van der Waals surface area contributed by atoms with E-state index in [1.54, 1.807) is 0 Å². The first-order chi connectivity index (χ1) is 15.9. The molecular weight excluding hydrogens is 428 g/mol. The first kappa shape index (κ1) is 22.1. The quantitative estimate of drug-likeness (QED) is 0.526. The Kier molecular flexibility index (Phi) is 5.97. The molecule has 6 heteroatoms. The second kappa shape index (κ2) is 8.92. The van der Waals surface area contributed by atoms with E-state index in [-0.39, 0.29) is 18.2 Å². The zero-order valence-corrected chi connectivity index (χ0v) is 20.7. The van der Waals surface area contributed by atoms with Crippen LogP contribution in [0.25, 0.3) is 5.69 Å². The Balaban J connectivity index is 1.60. The third-order valence-electron chi connectivity index (χ3n) is 6.88.